The number of hydrogen-bond acceptors (Lipinski definition) is 3. The number of nitrogens with zero attached hydrogens (tertiary/aromatic N) is 3. The standard InChI is InChI=1S/C21H23N3O3/c1-22-17-8-3-2-7-16(17)21(20(22)27)11-6-13-24(15-21)19(26)10-14-23-12-5-4-9-18(23)25/h2-5,7-9,12H,6,10-11,13-15H2,1H3. The number of likely N-dealkylation sites (tertiary alicyclic amines) is 1. The van der Waals surface area contributed by atoms with Gasteiger partial charge in [-0.25, -0.2) is 0 Å². The van der Waals surface area contributed by atoms with Crippen molar-refractivity contribution in [3.63, 3.8) is 0 Å². The molecule has 0 aliphatic carbocycles. The van der Waals surface area contributed by atoms with Gasteiger partial charge in [0, 0.05) is 51.1 Å². The molecule has 1 aromatic heterocycles. The van der Waals surface area contributed by atoms with Crippen LogP contribution in [0.2, 0.25) is 0 Å². The number of benzene rings is 1. The van der Waals surface area contributed by atoms with Crippen molar-refractivity contribution in [2.75, 3.05) is 25.0 Å². The van der Waals surface area contributed by atoms with E-state index in [4.69, 9.17) is 0 Å². The third kappa shape index (κ3) is 2.85. The number of aryl methyl sites for hydroxylation is 1. The predicted octanol–water partition coefficient (Wildman–Crippen LogP) is 1.78. The molecule has 1 saturated heterocycles. The summed E-state index contributed by atoms with van der Waals surface area (Å²) in [6, 6.07) is 12.8. The van der Waals surface area contributed by atoms with Crippen LogP contribution in [0.25, 0.3) is 0 Å². The fourth-order valence-electron chi connectivity index (χ4n) is 4.40. The number of piperidine rings is 1. The second-order valence-corrected chi connectivity index (χ2v) is 7.36. The number of rotatable bonds is 3. The van der Waals surface area contributed by atoms with Crippen LogP contribution in [0.1, 0.15) is 24.8 Å². The third-order valence-corrected chi connectivity index (χ3v) is 5.81. The Morgan fingerprint density at radius 1 is 1.11 bits per heavy atom. The maximum atomic E-state index is 13.1. The lowest BCUT2D eigenvalue weighted by atomic mass is 9.75. The fraction of sp³-hybridized carbons (Fsp3) is 0.381. The minimum absolute atomic E-state index is 0.00957. The molecule has 6 nitrogen and oxygen atoms in total. The molecule has 140 valence electrons. The molecule has 4 rings (SSSR count). The predicted molar refractivity (Wildman–Crippen MR) is 103 cm³/mol. The van der Waals surface area contributed by atoms with Crippen molar-refractivity contribution in [2.24, 2.45) is 0 Å². The minimum Gasteiger partial charge on any atom is -0.341 e. The molecule has 2 aliphatic rings. The van der Waals surface area contributed by atoms with E-state index in [-0.39, 0.29) is 23.8 Å². The van der Waals surface area contributed by atoms with Gasteiger partial charge in [-0.3, -0.25) is 14.4 Å². The van der Waals surface area contributed by atoms with Gasteiger partial charge in [0.05, 0.1) is 5.41 Å². The second-order valence-electron chi connectivity index (χ2n) is 7.36. The molecule has 1 fully saturated rings. The van der Waals surface area contributed by atoms with Crippen molar-refractivity contribution in [1.29, 1.82) is 0 Å². The van der Waals surface area contributed by atoms with Gasteiger partial charge in [0.2, 0.25) is 11.8 Å². The van der Waals surface area contributed by atoms with Gasteiger partial charge in [-0.15, -0.1) is 0 Å². The Labute approximate surface area is 158 Å². The number of pyridine rings is 1. The topological polar surface area (TPSA) is 62.6 Å². The SMILES string of the molecule is CN1C(=O)C2(CCCN(C(=O)CCn3ccccc3=O)C2)c2ccccc21. The Bertz CT molecular complexity index is 951. The van der Waals surface area contributed by atoms with Gasteiger partial charge < -0.3 is 14.4 Å². The van der Waals surface area contributed by atoms with Crippen molar-refractivity contribution in [2.45, 2.75) is 31.2 Å². The van der Waals surface area contributed by atoms with Crippen molar-refractivity contribution in [1.82, 2.24) is 9.47 Å². The number of para-hydroxylation sites is 1. The van der Waals surface area contributed by atoms with E-state index in [0.29, 0.717) is 19.6 Å². The lowest BCUT2D eigenvalue weighted by molar-refractivity contribution is -0.136. The molecule has 2 amide bonds. The minimum atomic E-state index is -0.636. The molecule has 1 spiro atoms. The Hall–Kier alpha value is -2.89. The molecule has 2 aromatic rings. The Morgan fingerprint density at radius 3 is 2.70 bits per heavy atom. The number of hydrogen-bond donors (Lipinski definition) is 0. The largest absolute Gasteiger partial charge is 0.341 e. The number of aromatic nitrogens is 1. The monoisotopic (exact) mass is 365 g/mol. The number of amides is 2. The van der Waals surface area contributed by atoms with Gasteiger partial charge in [0.15, 0.2) is 0 Å². The molecule has 0 N–H and O–H groups in total. The highest BCUT2D eigenvalue weighted by Crippen LogP contribution is 2.46. The Morgan fingerprint density at radius 2 is 1.89 bits per heavy atom. The van der Waals surface area contributed by atoms with Crippen LogP contribution < -0.4 is 10.5 Å². The van der Waals surface area contributed by atoms with Crippen LogP contribution in [-0.4, -0.2) is 41.4 Å². The molecular formula is C21H23N3O3. The lowest BCUT2D eigenvalue weighted by Crippen LogP contribution is -2.53. The van der Waals surface area contributed by atoms with E-state index in [2.05, 4.69) is 0 Å². The summed E-state index contributed by atoms with van der Waals surface area (Å²) in [6.45, 7) is 1.42. The Kier molecular flexibility index (Phi) is 4.34. The van der Waals surface area contributed by atoms with Gasteiger partial charge in [0.1, 0.15) is 0 Å². The molecule has 6 heteroatoms. The summed E-state index contributed by atoms with van der Waals surface area (Å²) in [5, 5.41) is 0. The smallest absolute Gasteiger partial charge is 0.250 e. The summed E-state index contributed by atoms with van der Waals surface area (Å²) in [5.41, 5.74) is 1.21. The summed E-state index contributed by atoms with van der Waals surface area (Å²) in [6.07, 6.45) is 3.50. The molecule has 1 unspecified atom stereocenters. The van der Waals surface area contributed by atoms with E-state index in [1.165, 1.54) is 6.07 Å². The van der Waals surface area contributed by atoms with Crippen molar-refractivity contribution < 1.29 is 9.59 Å². The van der Waals surface area contributed by atoms with Crippen LogP contribution >= 0.6 is 0 Å². The number of anilines is 1. The summed E-state index contributed by atoms with van der Waals surface area (Å²) in [7, 11) is 1.80. The normalized spacial score (nSPS) is 21.6. The van der Waals surface area contributed by atoms with Gasteiger partial charge in [0.25, 0.3) is 5.56 Å². The first-order valence-electron chi connectivity index (χ1n) is 9.34. The van der Waals surface area contributed by atoms with Crippen LogP contribution in [0.5, 0.6) is 0 Å². The fourth-order valence-corrected chi connectivity index (χ4v) is 4.40. The van der Waals surface area contributed by atoms with E-state index >= 15 is 0 Å². The van der Waals surface area contributed by atoms with Gasteiger partial charge in [-0.05, 0) is 30.5 Å². The van der Waals surface area contributed by atoms with E-state index in [1.807, 2.05) is 24.3 Å². The van der Waals surface area contributed by atoms with Gasteiger partial charge in [-0.1, -0.05) is 24.3 Å². The maximum absolute atomic E-state index is 13.1. The summed E-state index contributed by atoms with van der Waals surface area (Å²) >= 11 is 0. The molecule has 1 aromatic carbocycles. The third-order valence-electron chi connectivity index (χ3n) is 5.81. The van der Waals surface area contributed by atoms with Crippen LogP contribution in [0, 0.1) is 0 Å². The first kappa shape index (κ1) is 17.5. The zero-order valence-electron chi connectivity index (χ0n) is 15.4. The van der Waals surface area contributed by atoms with E-state index in [9.17, 15) is 14.4 Å². The van der Waals surface area contributed by atoms with Gasteiger partial charge >= 0.3 is 0 Å². The number of carbonyl (C=O) groups is 2. The van der Waals surface area contributed by atoms with Crippen molar-refractivity contribution in [3.8, 4) is 0 Å². The second kappa shape index (κ2) is 6.68. The van der Waals surface area contributed by atoms with E-state index < -0.39 is 5.41 Å². The summed E-state index contributed by atoms with van der Waals surface area (Å²) in [5.74, 6) is 0.0603. The van der Waals surface area contributed by atoms with Gasteiger partial charge in [-0.2, -0.15) is 0 Å². The molecule has 0 bridgehead atoms. The number of fused-ring (bicyclic) bond motifs is 2. The van der Waals surface area contributed by atoms with Crippen molar-refractivity contribution in [3.05, 3.63) is 64.6 Å². The molecule has 3 heterocycles. The Balaban J connectivity index is 1.53. The molecular weight excluding hydrogens is 342 g/mol. The molecule has 0 radical (unpaired) electrons. The summed E-state index contributed by atoms with van der Waals surface area (Å²) in [4.78, 5) is 41.2. The summed E-state index contributed by atoms with van der Waals surface area (Å²) < 4.78 is 1.54. The first-order chi connectivity index (χ1) is 13.0. The van der Waals surface area contributed by atoms with Crippen LogP contribution in [0.15, 0.2) is 53.5 Å². The lowest BCUT2D eigenvalue weighted by Gasteiger charge is -2.39. The molecule has 1 atom stereocenters. The van der Waals surface area contributed by atoms with Crippen LogP contribution in [-0.2, 0) is 21.5 Å². The number of carbonyl (C=O) groups excluding carboxylic acids is 2. The highest BCUT2D eigenvalue weighted by molar-refractivity contribution is 6.08. The first-order valence-corrected chi connectivity index (χ1v) is 9.34. The number of likely N-dealkylation sites (N-methyl/N-ethyl adjacent to an activating group) is 1. The molecule has 2 aliphatic heterocycles. The van der Waals surface area contributed by atoms with Crippen LogP contribution in [0.4, 0.5) is 5.69 Å². The zero-order chi connectivity index (χ0) is 19.0. The highest BCUT2D eigenvalue weighted by Gasteiger charge is 2.52. The zero-order valence-corrected chi connectivity index (χ0v) is 15.4. The highest BCUT2D eigenvalue weighted by atomic mass is 16.2. The molecule has 0 saturated carbocycles. The molecule has 27 heavy (non-hydrogen) atoms. The van der Waals surface area contributed by atoms with E-state index in [0.717, 1.165) is 24.1 Å². The van der Waals surface area contributed by atoms with Crippen molar-refractivity contribution >= 4 is 17.5 Å². The average molecular weight is 365 g/mol. The quantitative estimate of drug-likeness (QED) is 0.833. The van der Waals surface area contributed by atoms with Crippen LogP contribution in [0.3, 0.4) is 0 Å². The maximum Gasteiger partial charge on any atom is 0.250 e. The van der Waals surface area contributed by atoms with E-state index in [1.54, 1.807) is 39.7 Å². The average Bonchev–Trinajstić information content (AvgIpc) is 2.90.